The molecule has 2 aromatic carbocycles. The molecule has 0 aliphatic heterocycles. The lowest BCUT2D eigenvalue weighted by Gasteiger charge is -2.15. The molecule has 2 rings (SSSR count). The Balaban J connectivity index is 1.90. The van der Waals surface area contributed by atoms with Crippen molar-refractivity contribution in [2.45, 2.75) is 19.6 Å². The zero-order valence-electron chi connectivity index (χ0n) is 11.5. The SMILES string of the molecule is C[C@@H](Oc1cccc(I)c1)C(=O)NCc1ccccc1Cl. The van der Waals surface area contributed by atoms with Crippen molar-refractivity contribution in [2.24, 2.45) is 0 Å². The molecule has 0 spiro atoms. The minimum Gasteiger partial charge on any atom is -0.481 e. The average Bonchev–Trinajstić information content (AvgIpc) is 2.46. The Morgan fingerprint density at radius 3 is 2.76 bits per heavy atom. The number of benzene rings is 2. The van der Waals surface area contributed by atoms with Gasteiger partial charge in [-0.05, 0) is 59.3 Å². The van der Waals surface area contributed by atoms with Gasteiger partial charge in [0.25, 0.3) is 5.91 Å². The van der Waals surface area contributed by atoms with Gasteiger partial charge in [-0.25, -0.2) is 0 Å². The smallest absolute Gasteiger partial charge is 0.261 e. The predicted molar refractivity (Wildman–Crippen MR) is 92.5 cm³/mol. The van der Waals surface area contributed by atoms with E-state index in [-0.39, 0.29) is 5.91 Å². The first kappa shape index (κ1) is 16.1. The van der Waals surface area contributed by atoms with Gasteiger partial charge in [0.2, 0.25) is 0 Å². The number of hydrogen-bond donors (Lipinski definition) is 1. The lowest BCUT2D eigenvalue weighted by Crippen LogP contribution is -2.35. The summed E-state index contributed by atoms with van der Waals surface area (Å²) in [7, 11) is 0. The summed E-state index contributed by atoms with van der Waals surface area (Å²) in [6, 6.07) is 15.0. The molecule has 0 unspecified atom stereocenters. The van der Waals surface area contributed by atoms with Gasteiger partial charge in [0.15, 0.2) is 6.10 Å². The molecule has 110 valence electrons. The van der Waals surface area contributed by atoms with Crippen molar-refractivity contribution in [1.29, 1.82) is 0 Å². The van der Waals surface area contributed by atoms with Crippen molar-refractivity contribution in [3.05, 3.63) is 62.7 Å². The Morgan fingerprint density at radius 1 is 1.29 bits per heavy atom. The fraction of sp³-hybridized carbons (Fsp3) is 0.188. The van der Waals surface area contributed by atoms with E-state index in [0.29, 0.717) is 17.3 Å². The quantitative estimate of drug-likeness (QED) is 0.749. The second-order valence-electron chi connectivity index (χ2n) is 4.53. The molecule has 5 heteroatoms. The Kier molecular flexibility index (Phi) is 5.87. The van der Waals surface area contributed by atoms with Crippen LogP contribution in [0.15, 0.2) is 48.5 Å². The first-order valence-electron chi connectivity index (χ1n) is 6.49. The van der Waals surface area contributed by atoms with Crippen LogP contribution in [0.3, 0.4) is 0 Å². The molecule has 0 saturated heterocycles. The van der Waals surface area contributed by atoms with Gasteiger partial charge >= 0.3 is 0 Å². The van der Waals surface area contributed by atoms with Crippen molar-refractivity contribution in [3.63, 3.8) is 0 Å². The summed E-state index contributed by atoms with van der Waals surface area (Å²) >= 11 is 8.25. The molecule has 1 N–H and O–H groups in total. The van der Waals surface area contributed by atoms with Crippen molar-refractivity contribution in [3.8, 4) is 5.75 Å². The van der Waals surface area contributed by atoms with Crippen LogP contribution in [0.2, 0.25) is 5.02 Å². The number of carbonyl (C=O) groups is 1. The Morgan fingerprint density at radius 2 is 2.05 bits per heavy atom. The van der Waals surface area contributed by atoms with Crippen molar-refractivity contribution < 1.29 is 9.53 Å². The molecule has 0 radical (unpaired) electrons. The standard InChI is InChI=1S/C16H15ClINO2/c1-11(21-14-7-4-6-13(18)9-14)16(20)19-10-12-5-2-3-8-15(12)17/h2-9,11H,10H2,1H3,(H,19,20)/t11-/m1/s1. The van der Waals surface area contributed by atoms with E-state index in [1.54, 1.807) is 13.0 Å². The Labute approximate surface area is 142 Å². The maximum atomic E-state index is 12.0. The molecule has 0 saturated carbocycles. The van der Waals surface area contributed by atoms with Crippen LogP contribution in [0.4, 0.5) is 0 Å². The van der Waals surface area contributed by atoms with Gasteiger partial charge in [0.05, 0.1) is 0 Å². The van der Waals surface area contributed by atoms with E-state index < -0.39 is 6.10 Å². The highest BCUT2D eigenvalue weighted by molar-refractivity contribution is 14.1. The van der Waals surface area contributed by atoms with E-state index >= 15 is 0 Å². The van der Waals surface area contributed by atoms with Crippen LogP contribution in [0.25, 0.3) is 0 Å². The highest BCUT2D eigenvalue weighted by atomic mass is 127. The number of amides is 1. The first-order chi connectivity index (χ1) is 10.1. The van der Waals surface area contributed by atoms with Gasteiger partial charge in [0, 0.05) is 15.1 Å². The summed E-state index contributed by atoms with van der Waals surface area (Å²) in [6.07, 6.45) is -0.564. The molecule has 3 nitrogen and oxygen atoms in total. The molecule has 1 atom stereocenters. The molecule has 0 bridgehead atoms. The molecule has 0 fully saturated rings. The zero-order chi connectivity index (χ0) is 15.2. The molecule has 21 heavy (non-hydrogen) atoms. The summed E-state index contributed by atoms with van der Waals surface area (Å²) < 4.78 is 6.69. The topological polar surface area (TPSA) is 38.3 Å². The molecule has 1 amide bonds. The van der Waals surface area contributed by atoms with Crippen LogP contribution < -0.4 is 10.1 Å². The van der Waals surface area contributed by atoms with Crippen molar-refractivity contribution in [2.75, 3.05) is 0 Å². The van der Waals surface area contributed by atoms with E-state index in [9.17, 15) is 4.79 Å². The molecular weight excluding hydrogens is 401 g/mol. The Hall–Kier alpha value is -1.27. The van der Waals surface area contributed by atoms with Crippen LogP contribution >= 0.6 is 34.2 Å². The van der Waals surface area contributed by atoms with Crippen molar-refractivity contribution in [1.82, 2.24) is 5.32 Å². The van der Waals surface area contributed by atoms with E-state index in [4.69, 9.17) is 16.3 Å². The highest BCUT2D eigenvalue weighted by Gasteiger charge is 2.14. The molecule has 2 aromatic rings. The summed E-state index contributed by atoms with van der Waals surface area (Å²) in [5.41, 5.74) is 0.883. The molecule has 0 aromatic heterocycles. The van der Waals surface area contributed by atoms with Gasteiger partial charge in [-0.1, -0.05) is 35.9 Å². The number of ether oxygens (including phenoxy) is 1. The van der Waals surface area contributed by atoms with E-state index in [1.165, 1.54) is 0 Å². The summed E-state index contributed by atoms with van der Waals surface area (Å²) in [6.45, 7) is 2.11. The van der Waals surface area contributed by atoms with Crippen LogP contribution in [-0.2, 0) is 11.3 Å². The fourth-order valence-corrected chi connectivity index (χ4v) is 2.48. The fourth-order valence-electron chi connectivity index (χ4n) is 1.77. The minimum absolute atomic E-state index is 0.172. The number of nitrogens with one attached hydrogen (secondary N) is 1. The Bertz CT molecular complexity index is 633. The first-order valence-corrected chi connectivity index (χ1v) is 7.95. The summed E-state index contributed by atoms with van der Waals surface area (Å²) in [4.78, 5) is 12.0. The zero-order valence-corrected chi connectivity index (χ0v) is 14.4. The van der Waals surface area contributed by atoms with Gasteiger partial charge in [-0.3, -0.25) is 4.79 Å². The third-order valence-corrected chi connectivity index (χ3v) is 3.93. The number of halogens is 2. The largest absolute Gasteiger partial charge is 0.481 e. The molecule has 0 aliphatic carbocycles. The normalized spacial score (nSPS) is 11.8. The minimum atomic E-state index is -0.564. The molecule has 0 aliphatic rings. The monoisotopic (exact) mass is 415 g/mol. The van der Waals surface area contributed by atoms with Crippen LogP contribution in [0, 0.1) is 3.57 Å². The second kappa shape index (κ2) is 7.66. The summed E-state index contributed by atoms with van der Waals surface area (Å²) in [5, 5.41) is 3.47. The average molecular weight is 416 g/mol. The van der Waals surface area contributed by atoms with Crippen molar-refractivity contribution >= 4 is 40.1 Å². The van der Waals surface area contributed by atoms with Gasteiger partial charge in [-0.15, -0.1) is 0 Å². The third kappa shape index (κ3) is 4.89. The predicted octanol–water partition coefficient (Wildman–Crippen LogP) is 4.03. The van der Waals surface area contributed by atoms with Gasteiger partial charge in [-0.2, -0.15) is 0 Å². The molecular formula is C16H15ClINO2. The lowest BCUT2D eigenvalue weighted by atomic mass is 10.2. The number of carbonyl (C=O) groups excluding carboxylic acids is 1. The van der Waals surface area contributed by atoms with Crippen LogP contribution in [0.5, 0.6) is 5.75 Å². The van der Waals surface area contributed by atoms with E-state index in [2.05, 4.69) is 27.9 Å². The number of rotatable bonds is 5. The maximum absolute atomic E-state index is 12.0. The lowest BCUT2D eigenvalue weighted by molar-refractivity contribution is -0.127. The third-order valence-electron chi connectivity index (χ3n) is 2.89. The number of hydrogen-bond acceptors (Lipinski definition) is 2. The van der Waals surface area contributed by atoms with Gasteiger partial charge in [0.1, 0.15) is 5.75 Å². The summed E-state index contributed by atoms with van der Waals surface area (Å²) in [5.74, 6) is 0.510. The van der Waals surface area contributed by atoms with Gasteiger partial charge < -0.3 is 10.1 Å². The molecule has 0 heterocycles. The van der Waals surface area contributed by atoms with E-state index in [1.807, 2.05) is 42.5 Å². The highest BCUT2D eigenvalue weighted by Crippen LogP contribution is 2.17. The van der Waals surface area contributed by atoms with Crippen LogP contribution in [-0.4, -0.2) is 12.0 Å². The second-order valence-corrected chi connectivity index (χ2v) is 6.18. The maximum Gasteiger partial charge on any atom is 0.261 e. The van der Waals surface area contributed by atoms with E-state index in [0.717, 1.165) is 9.13 Å². The van der Waals surface area contributed by atoms with Crippen LogP contribution in [0.1, 0.15) is 12.5 Å².